The van der Waals surface area contributed by atoms with Crippen LogP contribution in [-0.2, 0) is 0 Å². The normalized spacial score (nSPS) is 19.9. The molecule has 90 valence electrons. The Hall–Kier alpha value is -0.870. The topological polar surface area (TPSA) is 41.9 Å². The first kappa shape index (κ1) is 11.6. The van der Waals surface area contributed by atoms with Gasteiger partial charge in [-0.15, -0.1) is 0 Å². The molecule has 1 aliphatic heterocycles. The monoisotopic (exact) mass is 222 g/mol. The molecule has 1 aromatic rings. The van der Waals surface area contributed by atoms with Crippen LogP contribution in [0.5, 0.6) is 0 Å². The summed E-state index contributed by atoms with van der Waals surface area (Å²) in [5.74, 6) is 0.530. The molecule has 0 saturated carbocycles. The second-order valence-electron chi connectivity index (χ2n) is 4.64. The lowest BCUT2D eigenvalue weighted by molar-refractivity contribution is 0.330. The zero-order valence-corrected chi connectivity index (χ0v) is 10.2. The molecule has 4 nitrogen and oxygen atoms in total. The molecule has 0 amide bonds. The fourth-order valence-electron chi connectivity index (χ4n) is 2.48. The zero-order chi connectivity index (χ0) is 11.4. The van der Waals surface area contributed by atoms with Crippen LogP contribution in [0.3, 0.4) is 0 Å². The second kappa shape index (κ2) is 5.46. The van der Waals surface area contributed by atoms with Crippen LogP contribution in [0.25, 0.3) is 0 Å². The molecule has 0 aromatic carbocycles. The van der Waals surface area contributed by atoms with Crippen molar-refractivity contribution in [3.63, 3.8) is 0 Å². The third kappa shape index (κ3) is 2.44. The molecule has 0 radical (unpaired) electrons. The number of piperidine rings is 1. The highest BCUT2D eigenvalue weighted by Crippen LogP contribution is 2.23. The number of aromatic nitrogens is 2. The minimum atomic E-state index is 0.530. The SMILES string of the molecule is CNCC(C)c1ccnn1C1CCNCC1. The van der Waals surface area contributed by atoms with Gasteiger partial charge < -0.3 is 10.6 Å². The molecule has 1 atom stereocenters. The van der Waals surface area contributed by atoms with Crippen molar-refractivity contribution in [1.29, 1.82) is 0 Å². The van der Waals surface area contributed by atoms with Gasteiger partial charge in [-0.25, -0.2) is 0 Å². The van der Waals surface area contributed by atoms with Gasteiger partial charge in [0.15, 0.2) is 0 Å². The summed E-state index contributed by atoms with van der Waals surface area (Å²) in [7, 11) is 2.00. The number of hydrogen-bond acceptors (Lipinski definition) is 3. The Balaban J connectivity index is 2.11. The summed E-state index contributed by atoms with van der Waals surface area (Å²) in [5, 5.41) is 11.1. The van der Waals surface area contributed by atoms with E-state index in [1.165, 1.54) is 18.5 Å². The third-order valence-corrected chi connectivity index (χ3v) is 3.37. The lowest BCUT2D eigenvalue weighted by atomic mass is 10.0. The Bertz CT molecular complexity index is 315. The van der Waals surface area contributed by atoms with Crippen molar-refractivity contribution in [3.05, 3.63) is 18.0 Å². The minimum Gasteiger partial charge on any atom is -0.319 e. The van der Waals surface area contributed by atoms with E-state index in [9.17, 15) is 0 Å². The molecular weight excluding hydrogens is 200 g/mol. The fraction of sp³-hybridized carbons (Fsp3) is 0.750. The summed E-state index contributed by atoms with van der Waals surface area (Å²) < 4.78 is 2.24. The van der Waals surface area contributed by atoms with Gasteiger partial charge in [0.05, 0.1) is 6.04 Å². The zero-order valence-electron chi connectivity index (χ0n) is 10.2. The lowest BCUT2D eigenvalue weighted by Gasteiger charge is -2.26. The van der Waals surface area contributed by atoms with Crippen molar-refractivity contribution in [1.82, 2.24) is 20.4 Å². The van der Waals surface area contributed by atoms with Gasteiger partial charge in [0.2, 0.25) is 0 Å². The van der Waals surface area contributed by atoms with Gasteiger partial charge in [-0.2, -0.15) is 5.10 Å². The minimum absolute atomic E-state index is 0.530. The average molecular weight is 222 g/mol. The molecule has 1 saturated heterocycles. The summed E-state index contributed by atoms with van der Waals surface area (Å²) >= 11 is 0. The van der Waals surface area contributed by atoms with Gasteiger partial charge in [-0.05, 0) is 39.0 Å². The van der Waals surface area contributed by atoms with E-state index in [1.54, 1.807) is 0 Å². The number of nitrogens with one attached hydrogen (secondary N) is 2. The van der Waals surface area contributed by atoms with Crippen molar-refractivity contribution in [3.8, 4) is 0 Å². The van der Waals surface area contributed by atoms with Gasteiger partial charge in [-0.1, -0.05) is 6.92 Å². The smallest absolute Gasteiger partial charge is 0.0546 e. The molecular formula is C12H22N4. The van der Waals surface area contributed by atoms with Crippen LogP contribution in [0.1, 0.15) is 37.4 Å². The molecule has 4 heteroatoms. The van der Waals surface area contributed by atoms with Crippen LogP contribution in [0.2, 0.25) is 0 Å². The standard InChI is InChI=1S/C12H22N4/c1-10(9-13-2)12-5-8-15-16(12)11-3-6-14-7-4-11/h5,8,10-11,13-14H,3-4,6-7,9H2,1-2H3. The quantitative estimate of drug-likeness (QED) is 0.802. The van der Waals surface area contributed by atoms with Crippen LogP contribution < -0.4 is 10.6 Å². The molecule has 0 spiro atoms. The third-order valence-electron chi connectivity index (χ3n) is 3.37. The molecule has 2 rings (SSSR count). The van der Waals surface area contributed by atoms with Crippen LogP contribution in [0, 0.1) is 0 Å². The molecule has 2 N–H and O–H groups in total. The highest BCUT2D eigenvalue weighted by molar-refractivity contribution is 5.08. The predicted molar refractivity (Wildman–Crippen MR) is 65.7 cm³/mol. The van der Waals surface area contributed by atoms with Crippen LogP contribution in [-0.4, -0.2) is 36.5 Å². The number of nitrogens with zero attached hydrogens (tertiary/aromatic N) is 2. The maximum atomic E-state index is 4.50. The summed E-state index contributed by atoms with van der Waals surface area (Å²) in [6, 6.07) is 2.75. The van der Waals surface area contributed by atoms with E-state index in [2.05, 4.69) is 33.4 Å². The van der Waals surface area contributed by atoms with E-state index in [1.807, 2.05) is 13.2 Å². The van der Waals surface area contributed by atoms with Crippen LogP contribution in [0.4, 0.5) is 0 Å². The van der Waals surface area contributed by atoms with Gasteiger partial charge >= 0.3 is 0 Å². The Morgan fingerprint density at radius 1 is 1.56 bits per heavy atom. The molecule has 0 bridgehead atoms. The van der Waals surface area contributed by atoms with E-state index in [0.717, 1.165) is 19.6 Å². The van der Waals surface area contributed by atoms with Gasteiger partial charge in [0.1, 0.15) is 0 Å². The van der Waals surface area contributed by atoms with Crippen molar-refractivity contribution in [2.75, 3.05) is 26.7 Å². The van der Waals surface area contributed by atoms with Crippen molar-refractivity contribution < 1.29 is 0 Å². The van der Waals surface area contributed by atoms with E-state index in [0.29, 0.717) is 12.0 Å². The molecule has 1 fully saturated rings. The van der Waals surface area contributed by atoms with Crippen LogP contribution >= 0.6 is 0 Å². The van der Waals surface area contributed by atoms with Crippen molar-refractivity contribution in [2.24, 2.45) is 0 Å². The summed E-state index contributed by atoms with van der Waals surface area (Å²) in [5.41, 5.74) is 1.36. The molecule has 2 heterocycles. The molecule has 1 aliphatic rings. The Kier molecular flexibility index (Phi) is 3.96. The predicted octanol–water partition coefficient (Wildman–Crippen LogP) is 1.13. The van der Waals surface area contributed by atoms with E-state index < -0.39 is 0 Å². The Morgan fingerprint density at radius 2 is 2.31 bits per heavy atom. The molecule has 16 heavy (non-hydrogen) atoms. The highest BCUT2D eigenvalue weighted by atomic mass is 15.3. The summed E-state index contributed by atoms with van der Waals surface area (Å²) in [4.78, 5) is 0. The Labute approximate surface area is 97.4 Å². The maximum Gasteiger partial charge on any atom is 0.0546 e. The first-order chi connectivity index (χ1) is 7.83. The first-order valence-electron chi connectivity index (χ1n) is 6.21. The largest absolute Gasteiger partial charge is 0.319 e. The average Bonchev–Trinajstić information content (AvgIpc) is 2.79. The molecule has 1 unspecified atom stereocenters. The van der Waals surface area contributed by atoms with E-state index in [4.69, 9.17) is 0 Å². The maximum absolute atomic E-state index is 4.50. The number of rotatable bonds is 4. The summed E-state index contributed by atoms with van der Waals surface area (Å²) in [6.07, 6.45) is 4.32. The molecule has 1 aromatic heterocycles. The summed E-state index contributed by atoms with van der Waals surface area (Å²) in [6.45, 7) is 5.50. The molecule has 0 aliphatic carbocycles. The number of likely N-dealkylation sites (N-methyl/N-ethyl adjacent to an activating group) is 1. The number of hydrogen-bond donors (Lipinski definition) is 2. The fourth-order valence-corrected chi connectivity index (χ4v) is 2.48. The highest BCUT2D eigenvalue weighted by Gasteiger charge is 2.20. The van der Waals surface area contributed by atoms with E-state index >= 15 is 0 Å². The second-order valence-corrected chi connectivity index (χ2v) is 4.64. The van der Waals surface area contributed by atoms with Gasteiger partial charge in [-0.3, -0.25) is 4.68 Å². The lowest BCUT2D eigenvalue weighted by Crippen LogP contribution is -2.31. The van der Waals surface area contributed by atoms with Gasteiger partial charge in [0.25, 0.3) is 0 Å². The van der Waals surface area contributed by atoms with Gasteiger partial charge in [0, 0.05) is 24.4 Å². The van der Waals surface area contributed by atoms with Crippen molar-refractivity contribution in [2.45, 2.75) is 31.7 Å². The van der Waals surface area contributed by atoms with Crippen molar-refractivity contribution >= 4 is 0 Å². The van der Waals surface area contributed by atoms with Crippen LogP contribution in [0.15, 0.2) is 12.3 Å². The van der Waals surface area contributed by atoms with E-state index in [-0.39, 0.29) is 0 Å². The first-order valence-corrected chi connectivity index (χ1v) is 6.21. The Morgan fingerprint density at radius 3 is 3.00 bits per heavy atom.